The minimum atomic E-state index is -0.00930. The molecule has 96 valence electrons. The van der Waals surface area contributed by atoms with Crippen LogP contribution in [0.4, 0.5) is 5.82 Å². The monoisotopic (exact) mass is 246 g/mol. The van der Waals surface area contributed by atoms with Crippen molar-refractivity contribution < 1.29 is 4.79 Å². The van der Waals surface area contributed by atoms with E-state index in [2.05, 4.69) is 33.9 Å². The van der Waals surface area contributed by atoms with Crippen LogP contribution in [-0.4, -0.2) is 47.6 Å². The Labute approximate surface area is 107 Å². The van der Waals surface area contributed by atoms with Crippen molar-refractivity contribution in [2.45, 2.75) is 26.1 Å². The smallest absolute Gasteiger partial charge is 0.256 e. The molecule has 5 heteroatoms. The van der Waals surface area contributed by atoms with Gasteiger partial charge in [-0.05, 0) is 26.0 Å². The summed E-state index contributed by atoms with van der Waals surface area (Å²) in [6, 6.07) is 4.15. The molecule has 0 aromatic carbocycles. The largest absolute Gasteiger partial charge is 0.333 e. The van der Waals surface area contributed by atoms with Gasteiger partial charge in [-0.3, -0.25) is 9.69 Å². The number of rotatable bonds is 1. The second-order valence-corrected chi connectivity index (χ2v) is 5.15. The fraction of sp³-hybridized carbons (Fsp3) is 0.538. The number of hydrogen-bond acceptors (Lipinski definition) is 4. The van der Waals surface area contributed by atoms with Gasteiger partial charge in [0.15, 0.2) is 0 Å². The maximum Gasteiger partial charge on any atom is 0.256 e. The first kappa shape index (κ1) is 11.5. The first-order chi connectivity index (χ1) is 8.66. The molecule has 1 aromatic heterocycles. The number of aromatic nitrogens is 1. The summed E-state index contributed by atoms with van der Waals surface area (Å²) >= 11 is 0. The molecular weight excluding hydrogens is 228 g/mol. The molecule has 0 aliphatic carbocycles. The Hall–Kier alpha value is -1.62. The number of piperazine rings is 1. The van der Waals surface area contributed by atoms with E-state index in [9.17, 15) is 4.79 Å². The summed E-state index contributed by atoms with van der Waals surface area (Å²) in [7, 11) is 0. The molecule has 0 radical (unpaired) electrons. The van der Waals surface area contributed by atoms with Crippen LogP contribution in [0.1, 0.15) is 24.2 Å². The third-order valence-corrected chi connectivity index (χ3v) is 3.74. The van der Waals surface area contributed by atoms with Gasteiger partial charge in [0.1, 0.15) is 12.0 Å². The summed E-state index contributed by atoms with van der Waals surface area (Å²) in [6.07, 6.45) is 1.81. The lowest BCUT2D eigenvalue weighted by Gasteiger charge is -2.46. The van der Waals surface area contributed by atoms with Crippen LogP contribution < -0.4 is 10.2 Å². The van der Waals surface area contributed by atoms with E-state index in [0.29, 0.717) is 11.6 Å². The highest BCUT2D eigenvalue weighted by atomic mass is 16.2. The summed E-state index contributed by atoms with van der Waals surface area (Å²) in [5.41, 5.74) is 0.687. The number of carbonyl (C=O) groups is 1. The van der Waals surface area contributed by atoms with Gasteiger partial charge in [0.25, 0.3) is 5.91 Å². The molecule has 18 heavy (non-hydrogen) atoms. The molecule has 1 amide bonds. The van der Waals surface area contributed by atoms with E-state index in [0.717, 1.165) is 25.5 Å². The Morgan fingerprint density at radius 3 is 3.06 bits per heavy atom. The number of pyridine rings is 1. The quantitative estimate of drug-likeness (QED) is 0.791. The number of nitrogens with zero attached hydrogens (tertiary/aromatic N) is 3. The van der Waals surface area contributed by atoms with Crippen molar-refractivity contribution in [3.05, 3.63) is 23.9 Å². The van der Waals surface area contributed by atoms with Crippen LogP contribution in [-0.2, 0) is 0 Å². The molecule has 1 saturated heterocycles. The van der Waals surface area contributed by atoms with Crippen molar-refractivity contribution in [1.29, 1.82) is 0 Å². The molecule has 3 rings (SSSR count). The molecule has 5 nitrogen and oxygen atoms in total. The van der Waals surface area contributed by atoms with Gasteiger partial charge in [-0.25, -0.2) is 4.98 Å². The normalized spacial score (nSPS) is 23.6. The fourth-order valence-electron chi connectivity index (χ4n) is 2.68. The molecule has 1 N–H and O–H groups in total. The van der Waals surface area contributed by atoms with E-state index >= 15 is 0 Å². The van der Waals surface area contributed by atoms with Crippen LogP contribution in [0, 0.1) is 0 Å². The zero-order valence-corrected chi connectivity index (χ0v) is 10.8. The number of fused-ring (bicyclic) bond motifs is 3. The summed E-state index contributed by atoms with van der Waals surface area (Å²) in [6.45, 7) is 7.16. The molecule has 2 aliphatic heterocycles. The first-order valence-electron chi connectivity index (χ1n) is 6.43. The van der Waals surface area contributed by atoms with Gasteiger partial charge < -0.3 is 10.2 Å². The van der Waals surface area contributed by atoms with Gasteiger partial charge >= 0.3 is 0 Å². The van der Waals surface area contributed by atoms with Crippen molar-refractivity contribution in [3.8, 4) is 0 Å². The highest BCUT2D eigenvalue weighted by Crippen LogP contribution is 2.26. The molecule has 0 saturated carbocycles. The van der Waals surface area contributed by atoms with Crippen LogP contribution in [0.5, 0.6) is 0 Å². The molecule has 1 atom stereocenters. The van der Waals surface area contributed by atoms with Gasteiger partial charge in [-0.1, -0.05) is 0 Å². The predicted octanol–water partition coefficient (Wildman–Crippen LogP) is 0.681. The van der Waals surface area contributed by atoms with Crippen molar-refractivity contribution in [1.82, 2.24) is 15.2 Å². The Balaban J connectivity index is 1.90. The van der Waals surface area contributed by atoms with Crippen LogP contribution in [0.15, 0.2) is 18.3 Å². The summed E-state index contributed by atoms with van der Waals surface area (Å²) in [5, 5.41) is 3.06. The first-order valence-corrected chi connectivity index (χ1v) is 6.43. The number of nitrogens with one attached hydrogen (secondary N) is 1. The minimum Gasteiger partial charge on any atom is -0.333 e. The highest BCUT2D eigenvalue weighted by Gasteiger charge is 2.36. The Morgan fingerprint density at radius 2 is 2.28 bits per heavy atom. The van der Waals surface area contributed by atoms with E-state index in [1.807, 2.05) is 12.1 Å². The zero-order valence-electron chi connectivity index (χ0n) is 10.8. The molecule has 2 aliphatic rings. The maximum atomic E-state index is 12.0. The third-order valence-electron chi connectivity index (χ3n) is 3.74. The van der Waals surface area contributed by atoms with E-state index in [1.165, 1.54) is 0 Å². The highest BCUT2D eigenvalue weighted by molar-refractivity contribution is 6.01. The van der Waals surface area contributed by atoms with Crippen molar-refractivity contribution in [2.75, 3.05) is 24.5 Å². The van der Waals surface area contributed by atoms with E-state index < -0.39 is 0 Å². The van der Waals surface area contributed by atoms with E-state index in [-0.39, 0.29) is 12.1 Å². The average molecular weight is 246 g/mol. The number of anilines is 1. The SMILES string of the molecule is CC(C)N1CCN2c3ncccc3C(=O)N[C@H]2C1. The number of amides is 1. The van der Waals surface area contributed by atoms with Crippen LogP contribution >= 0.6 is 0 Å². The minimum absolute atomic E-state index is 0.00930. The summed E-state index contributed by atoms with van der Waals surface area (Å²) < 4.78 is 0. The molecule has 0 spiro atoms. The zero-order chi connectivity index (χ0) is 12.7. The standard InChI is InChI=1S/C13H18N4O/c1-9(2)16-6-7-17-11(8-16)15-13(18)10-4-3-5-14-12(10)17/h3-5,9,11H,6-8H2,1-2H3,(H,15,18)/t11-/m1/s1. The maximum absolute atomic E-state index is 12.0. The number of hydrogen-bond donors (Lipinski definition) is 1. The van der Waals surface area contributed by atoms with E-state index in [1.54, 1.807) is 6.20 Å². The predicted molar refractivity (Wildman–Crippen MR) is 69.5 cm³/mol. The summed E-state index contributed by atoms with van der Waals surface area (Å²) in [4.78, 5) is 21.0. The molecule has 3 heterocycles. The summed E-state index contributed by atoms with van der Waals surface area (Å²) in [5.74, 6) is 0.819. The van der Waals surface area contributed by atoms with Crippen LogP contribution in [0.25, 0.3) is 0 Å². The van der Waals surface area contributed by atoms with Crippen molar-refractivity contribution in [2.24, 2.45) is 0 Å². The van der Waals surface area contributed by atoms with Gasteiger partial charge in [0, 0.05) is 31.9 Å². The third kappa shape index (κ3) is 1.75. The van der Waals surface area contributed by atoms with Gasteiger partial charge in [-0.2, -0.15) is 0 Å². The fourth-order valence-corrected chi connectivity index (χ4v) is 2.68. The molecule has 0 bridgehead atoms. The lowest BCUT2D eigenvalue weighted by atomic mass is 10.1. The Bertz CT molecular complexity index is 474. The molecular formula is C13H18N4O. The molecule has 1 aromatic rings. The van der Waals surface area contributed by atoms with Crippen LogP contribution in [0.3, 0.4) is 0 Å². The van der Waals surface area contributed by atoms with Gasteiger partial charge in [0.2, 0.25) is 0 Å². The molecule has 0 unspecified atom stereocenters. The number of carbonyl (C=O) groups excluding carboxylic acids is 1. The molecule has 1 fully saturated rings. The second kappa shape index (κ2) is 4.24. The second-order valence-electron chi connectivity index (χ2n) is 5.15. The lowest BCUT2D eigenvalue weighted by molar-refractivity contribution is 0.0878. The van der Waals surface area contributed by atoms with Gasteiger partial charge in [0.05, 0.1) is 5.56 Å². The Morgan fingerprint density at radius 1 is 1.44 bits per heavy atom. The van der Waals surface area contributed by atoms with E-state index in [4.69, 9.17) is 0 Å². The Kier molecular flexibility index (Phi) is 2.70. The van der Waals surface area contributed by atoms with Crippen LogP contribution in [0.2, 0.25) is 0 Å². The lowest BCUT2D eigenvalue weighted by Crippen LogP contribution is -2.64. The van der Waals surface area contributed by atoms with Gasteiger partial charge in [-0.15, -0.1) is 0 Å². The van der Waals surface area contributed by atoms with Crippen molar-refractivity contribution >= 4 is 11.7 Å². The topological polar surface area (TPSA) is 48.5 Å². The van der Waals surface area contributed by atoms with Crippen molar-refractivity contribution in [3.63, 3.8) is 0 Å². The average Bonchev–Trinajstić information content (AvgIpc) is 2.38.